The van der Waals surface area contributed by atoms with Gasteiger partial charge in [-0.2, -0.15) is 0 Å². The molecule has 1 aromatic heterocycles. The van der Waals surface area contributed by atoms with E-state index in [0.29, 0.717) is 0 Å². The quantitative estimate of drug-likeness (QED) is 0.699. The molecule has 0 aliphatic carbocycles. The third kappa shape index (κ3) is 1.87. The summed E-state index contributed by atoms with van der Waals surface area (Å²) >= 11 is 8.80. The average Bonchev–Trinajstić information content (AvgIpc) is 2.62. The van der Waals surface area contributed by atoms with Crippen molar-refractivity contribution in [3.8, 4) is 10.4 Å². The molecule has 0 aliphatic heterocycles. The maximum atomic E-state index is 3.56. The van der Waals surface area contributed by atoms with Crippen LogP contribution in [0.25, 0.3) is 10.4 Å². The standard InChI is InChI=1S/C10H6Br2S/c11-8-4-1-3-7(10(8)12)9-5-2-6-13-9/h1-6H. The summed E-state index contributed by atoms with van der Waals surface area (Å²) in [5.41, 5.74) is 1.24. The summed E-state index contributed by atoms with van der Waals surface area (Å²) in [6.45, 7) is 0. The van der Waals surface area contributed by atoms with Gasteiger partial charge in [-0.25, -0.2) is 0 Å². The highest BCUT2D eigenvalue weighted by Gasteiger charge is 2.05. The lowest BCUT2D eigenvalue weighted by atomic mass is 10.2. The number of halogens is 2. The monoisotopic (exact) mass is 316 g/mol. The summed E-state index contributed by atoms with van der Waals surface area (Å²) in [5, 5.41) is 2.09. The molecule has 0 saturated heterocycles. The van der Waals surface area contributed by atoms with Gasteiger partial charge >= 0.3 is 0 Å². The van der Waals surface area contributed by atoms with Gasteiger partial charge < -0.3 is 0 Å². The van der Waals surface area contributed by atoms with Crippen LogP contribution in [0.15, 0.2) is 44.7 Å². The van der Waals surface area contributed by atoms with Crippen LogP contribution in [0.3, 0.4) is 0 Å². The molecule has 1 heterocycles. The summed E-state index contributed by atoms with van der Waals surface area (Å²) in [6.07, 6.45) is 0. The van der Waals surface area contributed by atoms with Crippen LogP contribution in [0.4, 0.5) is 0 Å². The molecule has 66 valence electrons. The van der Waals surface area contributed by atoms with Crippen LogP contribution >= 0.6 is 43.2 Å². The highest BCUT2D eigenvalue weighted by atomic mass is 79.9. The highest BCUT2D eigenvalue weighted by molar-refractivity contribution is 9.13. The third-order valence-electron chi connectivity index (χ3n) is 1.74. The Morgan fingerprint density at radius 1 is 1.00 bits per heavy atom. The lowest BCUT2D eigenvalue weighted by Gasteiger charge is -2.02. The molecule has 2 aromatic rings. The Morgan fingerprint density at radius 3 is 2.54 bits per heavy atom. The fraction of sp³-hybridized carbons (Fsp3) is 0. The fourth-order valence-corrected chi connectivity index (χ4v) is 2.86. The van der Waals surface area contributed by atoms with Gasteiger partial charge in [0.05, 0.1) is 0 Å². The molecule has 2 rings (SSSR count). The van der Waals surface area contributed by atoms with Crippen molar-refractivity contribution < 1.29 is 0 Å². The number of rotatable bonds is 1. The zero-order valence-corrected chi connectivity index (χ0v) is 10.6. The zero-order valence-electron chi connectivity index (χ0n) is 6.63. The first-order valence-corrected chi connectivity index (χ1v) is 6.23. The van der Waals surface area contributed by atoms with Crippen LogP contribution in [-0.2, 0) is 0 Å². The molecule has 0 atom stereocenters. The second-order valence-corrected chi connectivity index (χ2v) is 5.17. The van der Waals surface area contributed by atoms with Crippen molar-refractivity contribution >= 4 is 43.2 Å². The molecule has 3 heteroatoms. The number of hydrogen-bond donors (Lipinski definition) is 0. The summed E-state index contributed by atoms with van der Waals surface area (Å²) in [6, 6.07) is 10.4. The predicted molar refractivity (Wildman–Crippen MR) is 65.2 cm³/mol. The van der Waals surface area contributed by atoms with Crippen molar-refractivity contribution in [2.45, 2.75) is 0 Å². The Balaban J connectivity index is 2.59. The Bertz CT molecular complexity index is 407. The Labute approximate surface area is 97.9 Å². The van der Waals surface area contributed by atoms with Crippen molar-refractivity contribution in [3.63, 3.8) is 0 Å². The first kappa shape index (κ1) is 9.44. The molecule has 0 saturated carbocycles. The van der Waals surface area contributed by atoms with Gasteiger partial charge in [0.25, 0.3) is 0 Å². The summed E-state index contributed by atoms with van der Waals surface area (Å²) in [4.78, 5) is 1.29. The van der Waals surface area contributed by atoms with E-state index in [0.717, 1.165) is 8.95 Å². The van der Waals surface area contributed by atoms with E-state index >= 15 is 0 Å². The van der Waals surface area contributed by atoms with E-state index in [1.165, 1.54) is 10.4 Å². The molecule has 0 spiro atoms. The minimum Gasteiger partial charge on any atom is -0.144 e. The molecule has 0 radical (unpaired) electrons. The van der Waals surface area contributed by atoms with Gasteiger partial charge in [-0.15, -0.1) is 11.3 Å². The van der Waals surface area contributed by atoms with Crippen LogP contribution < -0.4 is 0 Å². The van der Waals surface area contributed by atoms with Gasteiger partial charge in [0.2, 0.25) is 0 Å². The fourth-order valence-electron chi connectivity index (χ4n) is 1.13. The van der Waals surface area contributed by atoms with E-state index in [1.54, 1.807) is 11.3 Å². The summed E-state index contributed by atoms with van der Waals surface area (Å²) < 4.78 is 2.22. The molecule has 1 aromatic carbocycles. The highest BCUT2D eigenvalue weighted by Crippen LogP contribution is 2.35. The largest absolute Gasteiger partial charge is 0.144 e. The van der Waals surface area contributed by atoms with Gasteiger partial charge in [0, 0.05) is 19.4 Å². The van der Waals surface area contributed by atoms with Crippen LogP contribution in [-0.4, -0.2) is 0 Å². The Morgan fingerprint density at radius 2 is 1.85 bits per heavy atom. The van der Waals surface area contributed by atoms with Gasteiger partial charge in [0.1, 0.15) is 0 Å². The first-order valence-electron chi connectivity index (χ1n) is 3.77. The first-order chi connectivity index (χ1) is 6.29. The van der Waals surface area contributed by atoms with E-state index in [4.69, 9.17) is 0 Å². The van der Waals surface area contributed by atoms with Crippen molar-refractivity contribution in [3.05, 3.63) is 44.7 Å². The van der Waals surface area contributed by atoms with Crippen LogP contribution in [0.2, 0.25) is 0 Å². The zero-order chi connectivity index (χ0) is 9.26. The van der Waals surface area contributed by atoms with Gasteiger partial charge in [-0.3, -0.25) is 0 Å². The Kier molecular flexibility index (Phi) is 2.86. The lowest BCUT2D eigenvalue weighted by Crippen LogP contribution is -1.75. The molecule has 0 amide bonds. The van der Waals surface area contributed by atoms with Crippen molar-refractivity contribution in [2.24, 2.45) is 0 Å². The summed E-state index contributed by atoms with van der Waals surface area (Å²) in [5.74, 6) is 0. The molecular weight excluding hydrogens is 312 g/mol. The van der Waals surface area contributed by atoms with Crippen molar-refractivity contribution in [2.75, 3.05) is 0 Å². The van der Waals surface area contributed by atoms with E-state index in [1.807, 2.05) is 12.1 Å². The lowest BCUT2D eigenvalue weighted by molar-refractivity contribution is 1.59. The number of benzene rings is 1. The predicted octanol–water partition coefficient (Wildman–Crippen LogP) is 4.94. The average molecular weight is 318 g/mol. The van der Waals surface area contributed by atoms with E-state index < -0.39 is 0 Å². The van der Waals surface area contributed by atoms with E-state index in [9.17, 15) is 0 Å². The molecule has 13 heavy (non-hydrogen) atoms. The molecule has 0 fully saturated rings. The topological polar surface area (TPSA) is 0 Å². The molecule has 0 N–H and O–H groups in total. The normalized spacial score (nSPS) is 10.3. The second kappa shape index (κ2) is 3.95. The molecule has 0 nitrogen and oxygen atoms in total. The number of hydrogen-bond acceptors (Lipinski definition) is 1. The van der Waals surface area contributed by atoms with Gasteiger partial charge in [-0.1, -0.05) is 18.2 Å². The number of thiophene rings is 1. The smallest absolute Gasteiger partial charge is 0.0404 e. The van der Waals surface area contributed by atoms with Crippen LogP contribution in [0.5, 0.6) is 0 Å². The van der Waals surface area contributed by atoms with E-state index in [-0.39, 0.29) is 0 Å². The minimum absolute atomic E-state index is 1.10. The summed E-state index contributed by atoms with van der Waals surface area (Å²) in [7, 11) is 0. The molecule has 0 bridgehead atoms. The van der Waals surface area contributed by atoms with Gasteiger partial charge in [0.15, 0.2) is 0 Å². The maximum Gasteiger partial charge on any atom is 0.0404 e. The third-order valence-corrected chi connectivity index (χ3v) is 4.69. The van der Waals surface area contributed by atoms with Crippen LogP contribution in [0.1, 0.15) is 0 Å². The van der Waals surface area contributed by atoms with Crippen molar-refractivity contribution in [1.82, 2.24) is 0 Å². The second-order valence-electron chi connectivity index (χ2n) is 2.58. The Hall–Kier alpha value is -0.120. The molecule has 0 aliphatic rings. The van der Waals surface area contributed by atoms with E-state index in [2.05, 4.69) is 55.4 Å². The molecule has 0 unspecified atom stereocenters. The maximum absolute atomic E-state index is 3.56. The van der Waals surface area contributed by atoms with Crippen molar-refractivity contribution in [1.29, 1.82) is 0 Å². The molecular formula is C10H6Br2S. The SMILES string of the molecule is Brc1cccc(-c2cccs2)c1Br. The van der Waals surface area contributed by atoms with Gasteiger partial charge in [-0.05, 0) is 49.4 Å². The minimum atomic E-state index is 1.10. The van der Waals surface area contributed by atoms with Crippen LogP contribution in [0, 0.1) is 0 Å².